The van der Waals surface area contributed by atoms with E-state index in [4.69, 9.17) is 9.98 Å². The van der Waals surface area contributed by atoms with Crippen LogP contribution in [0.15, 0.2) is 47.2 Å². The van der Waals surface area contributed by atoms with E-state index in [0.29, 0.717) is 23.9 Å². The van der Waals surface area contributed by atoms with Gasteiger partial charge in [0.25, 0.3) is 0 Å². The molecule has 168 valence electrons. The maximum Gasteiger partial charge on any atom is 0.123 e. The van der Waals surface area contributed by atoms with Gasteiger partial charge in [0.05, 0.1) is 17.5 Å². The zero-order chi connectivity index (χ0) is 21.3. The lowest BCUT2D eigenvalue weighted by Gasteiger charge is -2.28. The third-order valence-electron chi connectivity index (χ3n) is 8.07. The van der Waals surface area contributed by atoms with Crippen LogP contribution in [0.5, 0.6) is 0 Å². The summed E-state index contributed by atoms with van der Waals surface area (Å²) in [5, 5.41) is 7.12. The molecule has 0 amide bonds. The van der Waals surface area contributed by atoms with E-state index in [1.54, 1.807) is 0 Å². The Morgan fingerprint density at radius 2 is 1.50 bits per heavy atom. The predicted molar refractivity (Wildman–Crippen MR) is 129 cm³/mol. The summed E-state index contributed by atoms with van der Waals surface area (Å²) in [7, 11) is 0. The molecule has 4 heterocycles. The highest BCUT2D eigenvalue weighted by Crippen LogP contribution is 2.40. The fourth-order valence-corrected chi connectivity index (χ4v) is 6.13. The van der Waals surface area contributed by atoms with Crippen LogP contribution in [0.3, 0.4) is 0 Å². The Morgan fingerprint density at radius 3 is 2.22 bits per heavy atom. The molecular formula is C27H35N5. The normalized spacial score (nSPS) is 30.5. The van der Waals surface area contributed by atoms with Crippen molar-refractivity contribution >= 4 is 5.71 Å². The van der Waals surface area contributed by atoms with E-state index < -0.39 is 0 Å². The van der Waals surface area contributed by atoms with Crippen LogP contribution in [0.2, 0.25) is 0 Å². The smallest absolute Gasteiger partial charge is 0.123 e. The number of nitrogens with one attached hydrogen (secondary N) is 3. The summed E-state index contributed by atoms with van der Waals surface area (Å²) in [6.07, 6.45) is 15.4. The van der Waals surface area contributed by atoms with Crippen LogP contribution in [0, 0.1) is 0 Å². The first-order chi connectivity index (χ1) is 15.8. The van der Waals surface area contributed by atoms with Crippen LogP contribution < -0.4 is 10.6 Å². The van der Waals surface area contributed by atoms with Crippen molar-refractivity contribution in [2.75, 3.05) is 13.1 Å². The highest BCUT2D eigenvalue weighted by molar-refractivity contribution is 6.03. The van der Waals surface area contributed by atoms with Crippen LogP contribution in [-0.2, 0) is 0 Å². The fourth-order valence-electron chi connectivity index (χ4n) is 6.13. The number of nitrogens with zero attached hydrogens (tertiary/aromatic N) is 2. The predicted octanol–water partition coefficient (Wildman–Crippen LogP) is 5.10. The van der Waals surface area contributed by atoms with E-state index in [2.05, 4.69) is 52.2 Å². The zero-order valence-corrected chi connectivity index (χ0v) is 18.9. The van der Waals surface area contributed by atoms with Gasteiger partial charge in [0.2, 0.25) is 0 Å². The summed E-state index contributed by atoms with van der Waals surface area (Å²) in [5.41, 5.74) is 6.62. The van der Waals surface area contributed by atoms with E-state index in [1.807, 2.05) is 0 Å². The highest BCUT2D eigenvalue weighted by Gasteiger charge is 2.27. The van der Waals surface area contributed by atoms with Gasteiger partial charge in [-0.1, -0.05) is 30.3 Å². The van der Waals surface area contributed by atoms with Crippen molar-refractivity contribution in [2.45, 2.75) is 81.7 Å². The molecule has 6 rings (SSSR count). The number of aromatic amines is 1. The zero-order valence-electron chi connectivity index (χ0n) is 18.9. The lowest BCUT2D eigenvalue weighted by molar-refractivity contribution is 0.391. The number of hydrogen-bond acceptors (Lipinski definition) is 4. The largest absolute Gasteiger partial charge is 0.344 e. The van der Waals surface area contributed by atoms with Crippen LogP contribution in [0.1, 0.15) is 98.3 Å². The van der Waals surface area contributed by atoms with Gasteiger partial charge in [-0.25, -0.2) is 4.98 Å². The van der Waals surface area contributed by atoms with Gasteiger partial charge in [-0.05, 0) is 81.5 Å². The molecule has 1 saturated carbocycles. The standard InChI is InChI=1S/C27H35N5/c1-3-23(28-15-1)24-14-13-22(31-24)20-9-5-18(6-10-20)19-7-11-21(12-8-19)26-17-30-27(32-26)25-4-2-16-29-25/h5-6,9-10,14,17,19,21,23,25,28-29H,1-4,7-8,11-13,15-16H2,(H,30,32)/t19?,21?,23-,25-/m1/s1. The number of H-pyrrole nitrogens is 1. The van der Waals surface area contributed by atoms with Crippen molar-refractivity contribution in [1.82, 2.24) is 20.6 Å². The summed E-state index contributed by atoms with van der Waals surface area (Å²) < 4.78 is 0. The number of benzene rings is 1. The first kappa shape index (κ1) is 20.4. The average Bonchev–Trinajstić information content (AvgIpc) is 3.66. The second-order valence-corrected chi connectivity index (χ2v) is 10.1. The quantitative estimate of drug-likeness (QED) is 0.619. The van der Waals surface area contributed by atoms with Crippen molar-refractivity contribution in [3.8, 4) is 0 Å². The number of allylic oxidation sites excluding steroid dienone is 1. The Labute approximate surface area is 191 Å². The number of imidazole rings is 1. The van der Waals surface area contributed by atoms with Crippen molar-refractivity contribution in [1.29, 1.82) is 0 Å². The molecule has 3 N–H and O–H groups in total. The Kier molecular flexibility index (Phi) is 5.70. The molecule has 5 heteroatoms. The molecule has 3 fully saturated rings. The monoisotopic (exact) mass is 429 g/mol. The molecule has 1 aromatic heterocycles. The molecule has 2 aromatic rings. The van der Waals surface area contributed by atoms with Crippen molar-refractivity contribution < 1.29 is 0 Å². The number of rotatable bonds is 5. The molecule has 5 nitrogen and oxygen atoms in total. The first-order valence-corrected chi connectivity index (χ1v) is 12.7. The van der Waals surface area contributed by atoms with Crippen LogP contribution in [-0.4, -0.2) is 34.8 Å². The van der Waals surface area contributed by atoms with Gasteiger partial charge in [-0.2, -0.15) is 0 Å². The average molecular weight is 430 g/mol. The van der Waals surface area contributed by atoms with E-state index in [-0.39, 0.29) is 0 Å². The van der Waals surface area contributed by atoms with Crippen LogP contribution in [0.25, 0.3) is 0 Å². The Morgan fingerprint density at radius 1 is 0.781 bits per heavy atom. The molecule has 0 unspecified atom stereocenters. The van der Waals surface area contributed by atoms with Crippen LogP contribution in [0.4, 0.5) is 0 Å². The molecule has 0 bridgehead atoms. The van der Waals surface area contributed by atoms with Gasteiger partial charge in [-0.3, -0.25) is 4.99 Å². The maximum atomic E-state index is 4.96. The minimum absolute atomic E-state index is 0.434. The third kappa shape index (κ3) is 4.08. The molecule has 32 heavy (non-hydrogen) atoms. The minimum atomic E-state index is 0.434. The van der Waals surface area contributed by atoms with Gasteiger partial charge in [0, 0.05) is 30.3 Å². The molecule has 2 saturated heterocycles. The lowest BCUT2D eigenvalue weighted by Crippen LogP contribution is -2.22. The first-order valence-electron chi connectivity index (χ1n) is 12.7. The second kappa shape index (κ2) is 8.95. The third-order valence-corrected chi connectivity index (χ3v) is 8.07. The molecule has 0 radical (unpaired) electrons. The van der Waals surface area contributed by atoms with E-state index in [1.165, 1.54) is 79.6 Å². The fraction of sp³-hybridized carbons (Fsp3) is 0.556. The van der Waals surface area contributed by atoms with Crippen molar-refractivity contribution in [3.63, 3.8) is 0 Å². The van der Waals surface area contributed by atoms with Gasteiger partial charge < -0.3 is 15.6 Å². The number of hydrogen-bond donors (Lipinski definition) is 3. The topological polar surface area (TPSA) is 65.1 Å². The number of aliphatic imine (C=N–C) groups is 1. The number of aromatic nitrogens is 2. The lowest BCUT2D eigenvalue weighted by atomic mass is 9.77. The van der Waals surface area contributed by atoms with E-state index in [0.717, 1.165) is 25.3 Å². The van der Waals surface area contributed by atoms with E-state index in [9.17, 15) is 0 Å². The summed E-state index contributed by atoms with van der Waals surface area (Å²) in [5.74, 6) is 2.46. The van der Waals surface area contributed by atoms with Gasteiger partial charge in [0.1, 0.15) is 5.82 Å². The SMILES string of the molecule is C1=C([C@H]2CCCN2)N=C(c2ccc(C3CCC(c4cnc([C@H]5CCCN5)[nH]4)CC3)cc2)C1. The molecule has 4 aliphatic rings. The summed E-state index contributed by atoms with van der Waals surface area (Å²) in [6, 6.07) is 10.2. The Balaban J connectivity index is 1.05. The summed E-state index contributed by atoms with van der Waals surface area (Å²) in [4.78, 5) is 13.3. The molecule has 2 atom stereocenters. The molecule has 3 aliphatic heterocycles. The van der Waals surface area contributed by atoms with Gasteiger partial charge in [0.15, 0.2) is 0 Å². The maximum absolute atomic E-state index is 4.96. The molecule has 1 aliphatic carbocycles. The van der Waals surface area contributed by atoms with Crippen molar-refractivity contribution in [2.24, 2.45) is 4.99 Å². The minimum Gasteiger partial charge on any atom is -0.344 e. The molecular weight excluding hydrogens is 394 g/mol. The second-order valence-electron chi connectivity index (χ2n) is 10.1. The van der Waals surface area contributed by atoms with Crippen molar-refractivity contribution in [3.05, 3.63) is 64.9 Å². The van der Waals surface area contributed by atoms with Crippen LogP contribution >= 0.6 is 0 Å². The van der Waals surface area contributed by atoms with Gasteiger partial charge in [-0.15, -0.1) is 0 Å². The van der Waals surface area contributed by atoms with E-state index >= 15 is 0 Å². The summed E-state index contributed by atoms with van der Waals surface area (Å²) >= 11 is 0. The Bertz CT molecular complexity index is 981. The highest BCUT2D eigenvalue weighted by atomic mass is 15.0. The van der Waals surface area contributed by atoms with Gasteiger partial charge >= 0.3 is 0 Å². The Hall–Kier alpha value is -2.24. The molecule has 1 aromatic carbocycles. The molecule has 0 spiro atoms. The summed E-state index contributed by atoms with van der Waals surface area (Å²) in [6.45, 7) is 2.25.